The normalized spacial score (nSPS) is 15.8. The largest absolute Gasteiger partial charge is 0.573 e. The van der Waals surface area contributed by atoms with Gasteiger partial charge in [-0.25, -0.2) is 0 Å². The Bertz CT molecular complexity index is 804. The molecule has 0 radical (unpaired) electrons. The van der Waals surface area contributed by atoms with Crippen LogP contribution in [0.5, 0.6) is 11.5 Å². The Morgan fingerprint density at radius 2 is 1.69 bits per heavy atom. The molecule has 4 nitrogen and oxygen atoms in total. The van der Waals surface area contributed by atoms with E-state index in [0.717, 1.165) is 31.7 Å². The number of halogens is 7. The van der Waals surface area contributed by atoms with Crippen molar-refractivity contribution in [1.82, 2.24) is 10.2 Å². The van der Waals surface area contributed by atoms with Crippen molar-refractivity contribution in [3.8, 4) is 11.5 Å². The summed E-state index contributed by atoms with van der Waals surface area (Å²) in [6, 6.07) is 8.60. The molecule has 2 N–H and O–H groups in total. The lowest BCUT2D eigenvalue weighted by Gasteiger charge is -2.36. The van der Waals surface area contributed by atoms with Crippen LogP contribution < -0.4 is 10.1 Å². The fourth-order valence-corrected chi connectivity index (χ4v) is 4.01. The second-order valence-electron chi connectivity index (χ2n) is 6.13. The van der Waals surface area contributed by atoms with Gasteiger partial charge in [0.1, 0.15) is 11.5 Å². The van der Waals surface area contributed by atoms with Crippen LogP contribution >= 0.6 is 52.3 Å². The van der Waals surface area contributed by atoms with Crippen molar-refractivity contribution in [2.75, 3.05) is 26.2 Å². The van der Waals surface area contributed by atoms with E-state index in [4.69, 9.17) is 11.6 Å². The van der Waals surface area contributed by atoms with Crippen LogP contribution in [-0.4, -0.2) is 42.5 Å². The molecule has 29 heavy (non-hydrogen) atoms. The second kappa shape index (κ2) is 10.9. The van der Waals surface area contributed by atoms with Gasteiger partial charge in [-0.15, -0.1) is 38.0 Å². The molecule has 0 spiro atoms. The van der Waals surface area contributed by atoms with Crippen molar-refractivity contribution in [3.63, 3.8) is 0 Å². The molecule has 1 fully saturated rings. The average molecular weight is 539 g/mol. The number of nitrogens with one attached hydrogen (secondary N) is 1. The third-order valence-corrected chi connectivity index (χ3v) is 5.12. The first-order valence-electron chi connectivity index (χ1n) is 8.23. The third kappa shape index (κ3) is 6.80. The van der Waals surface area contributed by atoms with Gasteiger partial charge in [0.05, 0.1) is 10.5 Å². The molecule has 162 valence electrons. The molecule has 0 amide bonds. The van der Waals surface area contributed by atoms with Crippen LogP contribution in [0.4, 0.5) is 13.2 Å². The number of phenolic OH excluding ortho intramolecular Hbond substituents is 1. The molecule has 1 aliphatic heterocycles. The highest BCUT2D eigenvalue weighted by molar-refractivity contribution is 9.10. The lowest BCUT2D eigenvalue weighted by Crippen LogP contribution is -2.45. The molecule has 1 aliphatic rings. The number of piperazine rings is 1. The van der Waals surface area contributed by atoms with Gasteiger partial charge in [0.15, 0.2) is 0 Å². The molecule has 0 aromatic heterocycles. The van der Waals surface area contributed by atoms with Crippen LogP contribution in [0.2, 0.25) is 5.02 Å². The molecule has 11 heteroatoms. The van der Waals surface area contributed by atoms with Gasteiger partial charge < -0.3 is 15.2 Å². The van der Waals surface area contributed by atoms with Crippen molar-refractivity contribution < 1.29 is 23.0 Å². The standard InChI is InChI=1S/C18H17BrClF3N2O2.2ClH/c19-15-10-12(20)9-14(17(15)26)16(25-7-5-24-6-8-25)11-1-3-13(4-2-11)27-18(21,22)23;;/h1-4,9-10,16,24,26H,5-8H2;2*1H/t16-;;/m0../s1. The van der Waals surface area contributed by atoms with Crippen LogP contribution in [0.25, 0.3) is 0 Å². The van der Waals surface area contributed by atoms with Gasteiger partial charge in [-0.2, -0.15) is 0 Å². The highest BCUT2D eigenvalue weighted by atomic mass is 79.9. The zero-order chi connectivity index (χ0) is 19.6. The molecule has 0 saturated carbocycles. The Kier molecular flexibility index (Phi) is 9.85. The SMILES string of the molecule is Cl.Cl.Oc1c(Br)cc(Cl)cc1[C@H](c1ccc(OC(F)(F)F)cc1)N1CCNCC1. The molecule has 0 bridgehead atoms. The molecule has 2 aromatic carbocycles. The summed E-state index contributed by atoms with van der Waals surface area (Å²) >= 11 is 9.47. The lowest BCUT2D eigenvalue weighted by atomic mass is 9.95. The van der Waals surface area contributed by atoms with Crippen LogP contribution in [0.3, 0.4) is 0 Å². The summed E-state index contributed by atoms with van der Waals surface area (Å²) in [7, 11) is 0. The molecule has 2 aromatic rings. The molecule has 0 aliphatic carbocycles. The van der Waals surface area contributed by atoms with Crippen LogP contribution in [0.1, 0.15) is 17.2 Å². The van der Waals surface area contributed by atoms with Gasteiger partial charge in [0.25, 0.3) is 0 Å². The van der Waals surface area contributed by atoms with Gasteiger partial charge in [0.2, 0.25) is 0 Å². The van der Waals surface area contributed by atoms with E-state index in [2.05, 4.69) is 30.9 Å². The van der Waals surface area contributed by atoms with Crippen LogP contribution in [-0.2, 0) is 0 Å². The van der Waals surface area contributed by atoms with Crippen LogP contribution in [0.15, 0.2) is 40.9 Å². The second-order valence-corrected chi connectivity index (χ2v) is 7.42. The Morgan fingerprint density at radius 1 is 1.10 bits per heavy atom. The lowest BCUT2D eigenvalue weighted by molar-refractivity contribution is -0.274. The predicted octanol–water partition coefficient (Wildman–Crippen LogP) is 5.54. The number of hydrogen-bond donors (Lipinski definition) is 2. The molecule has 3 rings (SSSR count). The topological polar surface area (TPSA) is 44.7 Å². The van der Waals surface area contributed by atoms with E-state index < -0.39 is 6.36 Å². The minimum Gasteiger partial charge on any atom is -0.506 e. The van der Waals surface area contributed by atoms with E-state index in [-0.39, 0.29) is 42.4 Å². The summed E-state index contributed by atoms with van der Waals surface area (Å²) in [5, 5.41) is 14.3. The van der Waals surface area contributed by atoms with E-state index in [1.165, 1.54) is 12.1 Å². The van der Waals surface area contributed by atoms with E-state index in [1.807, 2.05) is 0 Å². The number of alkyl halides is 3. The molecule has 0 unspecified atom stereocenters. The van der Waals surface area contributed by atoms with E-state index in [0.29, 0.717) is 15.1 Å². The van der Waals surface area contributed by atoms with E-state index in [9.17, 15) is 18.3 Å². The maximum Gasteiger partial charge on any atom is 0.573 e. The Morgan fingerprint density at radius 3 is 2.24 bits per heavy atom. The van der Waals surface area contributed by atoms with Crippen molar-refractivity contribution in [3.05, 3.63) is 57.0 Å². The molecular formula is C18H19BrCl3F3N2O2. The van der Waals surface area contributed by atoms with Gasteiger partial charge in [-0.1, -0.05) is 23.7 Å². The summed E-state index contributed by atoms with van der Waals surface area (Å²) < 4.78 is 41.6. The number of rotatable bonds is 4. The first-order chi connectivity index (χ1) is 12.7. The average Bonchev–Trinajstić information content (AvgIpc) is 2.60. The number of benzene rings is 2. The maximum atomic E-state index is 12.4. The van der Waals surface area contributed by atoms with Gasteiger partial charge in [-0.05, 0) is 45.8 Å². The van der Waals surface area contributed by atoms with Crippen LogP contribution in [0, 0.1) is 0 Å². The van der Waals surface area contributed by atoms with Gasteiger partial charge in [0, 0.05) is 36.8 Å². The third-order valence-electron chi connectivity index (χ3n) is 4.30. The van der Waals surface area contributed by atoms with Crippen molar-refractivity contribution >= 4 is 52.3 Å². The fraction of sp³-hybridized carbons (Fsp3) is 0.333. The van der Waals surface area contributed by atoms with E-state index >= 15 is 0 Å². The Balaban J connectivity index is 0.00000210. The van der Waals surface area contributed by atoms with E-state index in [1.54, 1.807) is 24.3 Å². The summed E-state index contributed by atoms with van der Waals surface area (Å²) in [5.41, 5.74) is 1.32. The Labute approximate surface area is 192 Å². The summed E-state index contributed by atoms with van der Waals surface area (Å²) in [6.07, 6.45) is -4.74. The minimum atomic E-state index is -4.74. The number of nitrogens with zero attached hydrogens (tertiary/aromatic N) is 1. The quantitative estimate of drug-likeness (QED) is 0.536. The number of hydrogen-bond acceptors (Lipinski definition) is 4. The number of ether oxygens (including phenoxy) is 1. The first kappa shape index (κ1) is 26.1. The van der Waals surface area contributed by atoms with Gasteiger partial charge in [-0.3, -0.25) is 4.90 Å². The number of phenols is 1. The predicted molar refractivity (Wildman–Crippen MR) is 115 cm³/mol. The molecule has 1 heterocycles. The smallest absolute Gasteiger partial charge is 0.506 e. The van der Waals surface area contributed by atoms with Crippen molar-refractivity contribution in [2.24, 2.45) is 0 Å². The first-order valence-corrected chi connectivity index (χ1v) is 9.40. The molecular weight excluding hydrogens is 519 g/mol. The zero-order valence-corrected chi connectivity index (χ0v) is 18.9. The number of aromatic hydroxyl groups is 1. The highest BCUT2D eigenvalue weighted by Gasteiger charge is 2.32. The zero-order valence-electron chi connectivity index (χ0n) is 14.9. The molecule has 1 atom stereocenters. The summed E-state index contributed by atoms with van der Waals surface area (Å²) in [6.45, 7) is 2.98. The minimum absolute atomic E-state index is 0. The maximum absolute atomic E-state index is 12.4. The summed E-state index contributed by atoms with van der Waals surface area (Å²) in [5.74, 6) is -0.236. The highest BCUT2D eigenvalue weighted by Crippen LogP contribution is 2.40. The van der Waals surface area contributed by atoms with Crippen molar-refractivity contribution in [2.45, 2.75) is 12.4 Å². The van der Waals surface area contributed by atoms with Gasteiger partial charge >= 0.3 is 6.36 Å². The fourth-order valence-electron chi connectivity index (χ4n) is 3.17. The molecule has 1 saturated heterocycles. The van der Waals surface area contributed by atoms with Crippen molar-refractivity contribution in [1.29, 1.82) is 0 Å². The Hall–Kier alpha value is -0.900. The summed E-state index contributed by atoms with van der Waals surface area (Å²) in [4.78, 5) is 2.15. The monoisotopic (exact) mass is 536 g/mol.